The van der Waals surface area contributed by atoms with E-state index in [-0.39, 0.29) is 0 Å². The van der Waals surface area contributed by atoms with Crippen LogP contribution >= 0.6 is 22.9 Å². The maximum atomic E-state index is 5.79. The number of para-hydroxylation sites is 1. The molecule has 0 spiro atoms. The van der Waals surface area contributed by atoms with Gasteiger partial charge in [-0.3, -0.25) is 0 Å². The Morgan fingerprint density at radius 2 is 2.04 bits per heavy atom. The van der Waals surface area contributed by atoms with Gasteiger partial charge < -0.3 is 5.32 Å². The van der Waals surface area contributed by atoms with E-state index in [0.29, 0.717) is 11.7 Å². The third kappa shape index (κ3) is 2.64. The number of hydrogen-bond acceptors (Lipinski definition) is 6. The normalized spacial score (nSPS) is 11.0. The average molecular weight is 343 g/mol. The summed E-state index contributed by atoms with van der Waals surface area (Å²) in [7, 11) is 0. The van der Waals surface area contributed by atoms with Crippen molar-refractivity contribution in [2.45, 2.75) is 5.88 Å². The zero-order valence-electron chi connectivity index (χ0n) is 11.8. The molecule has 0 bridgehead atoms. The molecule has 0 saturated heterocycles. The number of hydrogen-bond donors (Lipinski definition) is 1. The summed E-state index contributed by atoms with van der Waals surface area (Å²) in [6, 6.07) is 9.86. The highest BCUT2D eigenvalue weighted by Gasteiger charge is 2.12. The van der Waals surface area contributed by atoms with Crippen LogP contribution in [0.1, 0.15) is 5.69 Å². The monoisotopic (exact) mass is 342 g/mol. The molecule has 1 aromatic carbocycles. The fourth-order valence-corrected chi connectivity index (χ4v) is 3.17. The molecule has 4 aromatic rings. The first-order chi connectivity index (χ1) is 11.3. The van der Waals surface area contributed by atoms with Crippen LogP contribution in [-0.2, 0) is 5.88 Å². The van der Waals surface area contributed by atoms with Crippen molar-refractivity contribution in [1.29, 1.82) is 0 Å². The minimum Gasteiger partial charge on any atom is -0.315 e. The molecule has 3 aromatic heterocycles. The van der Waals surface area contributed by atoms with E-state index < -0.39 is 0 Å². The van der Waals surface area contributed by atoms with Crippen molar-refractivity contribution in [3.05, 3.63) is 53.9 Å². The molecule has 114 valence electrons. The third-order valence-electron chi connectivity index (χ3n) is 3.28. The summed E-state index contributed by atoms with van der Waals surface area (Å²) in [5.74, 6) is 1.07. The van der Waals surface area contributed by atoms with E-state index in [1.165, 1.54) is 17.7 Å². The number of aromatic nitrogens is 5. The summed E-state index contributed by atoms with van der Waals surface area (Å²) >= 11 is 7.27. The van der Waals surface area contributed by atoms with Crippen LogP contribution in [0.4, 0.5) is 10.9 Å². The first-order valence-electron chi connectivity index (χ1n) is 6.86. The number of rotatable bonds is 4. The average Bonchev–Trinajstić information content (AvgIpc) is 3.23. The first-order valence-corrected chi connectivity index (χ1v) is 8.28. The van der Waals surface area contributed by atoms with Gasteiger partial charge in [0.05, 0.1) is 28.8 Å². The Morgan fingerprint density at radius 3 is 2.83 bits per heavy atom. The number of anilines is 2. The van der Waals surface area contributed by atoms with Gasteiger partial charge in [0.25, 0.3) is 0 Å². The van der Waals surface area contributed by atoms with E-state index in [1.54, 1.807) is 10.9 Å². The van der Waals surface area contributed by atoms with Gasteiger partial charge in [0, 0.05) is 5.38 Å². The summed E-state index contributed by atoms with van der Waals surface area (Å²) < 4.78 is 1.79. The topological polar surface area (TPSA) is 68.5 Å². The van der Waals surface area contributed by atoms with Crippen LogP contribution in [0.5, 0.6) is 0 Å². The largest absolute Gasteiger partial charge is 0.315 e. The van der Waals surface area contributed by atoms with Crippen LogP contribution in [0, 0.1) is 0 Å². The molecule has 0 amide bonds. The van der Waals surface area contributed by atoms with Crippen LogP contribution in [0.15, 0.2) is 48.2 Å². The van der Waals surface area contributed by atoms with Crippen LogP contribution < -0.4 is 5.32 Å². The Balaban J connectivity index is 1.75. The van der Waals surface area contributed by atoms with Crippen molar-refractivity contribution in [3.63, 3.8) is 0 Å². The van der Waals surface area contributed by atoms with Gasteiger partial charge in [0.1, 0.15) is 12.1 Å². The fraction of sp³-hybridized carbons (Fsp3) is 0.0667. The number of nitrogens with one attached hydrogen (secondary N) is 1. The molecule has 6 nitrogen and oxygen atoms in total. The van der Waals surface area contributed by atoms with E-state index >= 15 is 0 Å². The summed E-state index contributed by atoms with van der Waals surface area (Å²) in [4.78, 5) is 13.0. The van der Waals surface area contributed by atoms with Gasteiger partial charge in [0.15, 0.2) is 10.8 Å². The Bertz CT molecular complexity index is 949. The SMILES string of the molecule is ClCc1csc(Nc2ncnc3c2cnn3-c2ccccc2)n1. The Hall–Kier alpha value is -2.51. The summed E-state index contributed by atoms with van der Waals surface area (Å²) in [5.41, 5.74) is 2.53. The molecule has 8 heteroatoms. The first kappa shape index (κ1) is 14.1. The van der Waals surface area contributed by atoms with Crippen molar-refractivity contribution >= 4 is 44.9 Å². The number of halogens is 1. The van der Waals surface area contributed by atoms with Crippen molar-refractivity contribution in [2.75, 3.05) is 5.32 Å². The second-order valence-corrected chi connectivity index (χ2v) is 5.88. The second kappa shape index (κ2) is 5.94. The maximum Gasteiger partial charge on any atom is 0.188 e. The van der Waals surface area contributed by atoms with Crippen molar-refractivity contribution in [2.24, 2.45) is 0 Å². The van der Waals surface area contributed by atoms with E-state index in [9.17, 15) is 0 Å². The molecule has 0 aliphatic rings. The van der Waals surface area contributed by atoms with Gasteiger partial charge in [-0.05, 0) is 12.1 Å². The molecular weight excluding hydrogens is 332 g/mol. The fourth-order valence-electron chi connectivity index (χ4n) is 2.23. The smallest absolute Gasteiger partial charge is 0.188 e. The molecule has 1 N–H and O–H groups in total. The van der Waals surface area contributed by atoms with E-state index in [2.05, 4.69) is 25.4 Å². The van der Waals surface area contributed by atoms with Crippen LogP contribution in [-0.4, -0.2) is 24.7 Å². The van der Waals surface area contributed by atoms with Gasteiger partial charge in [0.2, 0.25) is 0 Å². The lowest BCUT2D eigenvalue weighted by Crippen LogP contribution is -1.99. The van der Waals surface area contributed by atoms with Gasteiger partial charge in [-0.15, -0.1) is 22.9 Å². The van der Waals surface area contributed by atoms with Gasteiger partial charge in [-0.1, -0.05) is 18.2 Å². The molecular formula is C15H11ClN6S. The molecule has 0 aliphatic carbocycles. The highest BCUT2D eigenvalue weighted by Crippen LogP contribution is 2.26. The Kier molecular flexibility index (Phi) is 3.64. The lowest BCUT2D eigenvalue weighted by atomic mass is 10.3. The van der Waals surface area contributed by atoms with Crippen LogP contribution in [0.3, 0.4) is 0 Å². The van der Waals surface area contributed by atoms with E-state index in [0.717, 1.165) is 27.5 Å². The van der Waals surface area contributed by atoms with Crippen molar-refractivity contribution in [3.8, 4) is 5.69 Å². The molecule has 0 aliphatic heterocycles. The summed E-state index contributed by atoms with van der Waals surface area (Å²) in [6.45, 7) is 0. The predicted molar refractivity (Wildman–Crippen MR) is 91.6 cm³/mol. The number of thiazole rings is 1. The zero-order chi connectivity index (χ0) is 15.6. The van der Waals surface area contributed by atoms with Crippen LogP contribution in [0.2, 0.25) is 0 Å². The highest BCUT2D eigenvalue weighted by molar-refractivity contribution is 7.13. The minimum absolute atomic E-state index is 0.392. The molecule has 0 fully saturated rings. The minimum atomic E-state index is 0.392. The molecule has 0 atom stereocenters. The van der Waals surface area contributed by atoms with Gasteiger partial charge >= 0.3 is 0 Å². The standard InChI is InChI=1S/C15H11ClN6S/c16-6-10-8-23-15(20-10)21-13-12-7-19-22(14(12)18-9-17-13)11-4-2-1-3-5-11/h1-5,7-9H,6H2,(H,17,18,20,21). The van der Waals surface area contributed by atoms with Crippen LogP contribution in [0.25, 0.3) is 16.7 Å². The number of alkyl halides is 1. The van der Waals surface area contributed by atoms with Gasteiger partial charge in [-0.25, -0.2) is 19.6 Å². The second-order valence-electron chi connectivity index (χ2n) is 4.75. The third-order valence-corrected chi connectivity index (χ3v) is 4.36. The highest BCUT2D eigenvalue weighted by atomic mass is 35.5. The maximum absolute atomic E-state index is 5.79. The Morgan fingerprint density at radius 1 is 1.17 bits per heavy atom. The zero-order valence-corrected chi connectivity index (χ0v) is 13.4. The van der Waals surface area contributed by atoms with Gasteiger partial charge in [-0.2, -0.15) is 5.10 Å². The van der Waals surface area contributed by atoms with E-state index in [1.807, 2.05) is 35.7 Å². The van der Waals surface area contributed by atoms with E-state index in [4.69, 9.17) is 11.6 Å². The predicted octanol–water partition coefficient (Wildman–Crippen LogP) is 3.75. The molecule has 23 heavy (non-hydrogen) atoms. The summed E-state index contributed by atoms with van der Waals surface area (Å²) in [6.07, 6.45) is 3.27. The lowest BCUT2D eigenvalue weighted by molar-refractivity contribution is 0.895. The van der Waals surface area contributed by atoms with Crippen molar-refractivity contribution in [1.82, 2.24) is 24.7 Å². The Labute approximate surface area is 140 Å². The molecule has 0 radical (unpaired) electrons. The van der Waals surface area contributed by atoms with Crippen molar-refractivity contribution < 1.29 is 0 Å². The lowest BCUT2D eigenvalue weighted by Gasteiger charge is -2.04. The molecule has 3 heterocycles. The number of fused-ring (bicyclic) bond motifs is 1. The summed E-state index contributed by atoms with van der Waals surface area (Å²) in [5, 5.41) is 11.1. The molecule has 4 rings (SSSR count). The quantitative estimate of drug-likeness (QED) is 0.572. The molecule has 0 saturated carbocycles. The molecule has 0 unspecified atom stereocenters. The number of benzene rings is 1. The number of nitrogens with zero attached hydrogens (tertiary/aromatic N) is 5.